The van der Waals surface area contributed by atoms with E-state index in [1.807, 2.05) is 0 Å². The average molecular weight is 223 g/mol. The van der Waals surface area contributed by atoms with Crippen LogP contribution in [0.2, 0.25) is 0 Å². The van der Waals surface area contributed by atoms with Crippen molar-refractivity contribution in [3.63, 3.8) is 0 Å². The summed E-state index contributed by atoms with van der Waals surface area (Å²) in [6.07, 6.45) is 4.19. The first-order valence-electron chi connectivity index (χ1n) is 5.42. The van der Waals surface area contributed by atoms with Crippen LogP contribution in [0.4, 0.5) is 0 Å². The molecular formula is C11H17N3S. The summed E-state index contributed by atoms with van der Waals surface area (Å²) in [7, 11) is 0. The molecule has 0 saturated heterocycles. The van der Waals surface area contributed by atoms with Gasteiger partial charge in [-0.2, -0.15) is 11.8 Å². The number of rotatable bonds is 3. The van der Waals surface area contributed by atoms with E-state index in [9.17, 15) is 0 Å². The lowest BCUT2D eigenvalue weighted by molar-refractivity contribution is 0.611. The monoisotopic (exact) mass is 223 g/mol. The third-order valence-corrected chi connectivity index (χ3v) is 3.22. The van der Waals surface area contributed by atoms with Gasteiger partial charge in [0.25, 0.3) is 0 Å². The smallest absolute Gasteiger partial charge is 0.138 e. The van der Waals surface area contributed by atoms with Gasteiger partial charge in [-0.3, -0.25) is 0 Å². The third kappa shape index (κ3) is 2.32. The Balaban J connectivity index is 2.38. The molecule has 1 aromatic heterocycles. The molecule has 4 heteroatoms. The number of hydrogen-bond donors (Lipinski definition) is 1. The van der Waals surface area contributed by atoms with E-state index in [4.69, 9.17) is 0 Å². The van der Waals surface area contributed by atoms with Gasteiger partial charge in [0.1, 0.15) is 5.82 Å². The molecule has 0 aliphatic carbocycles. The average Bonchev–Trinajstić information content (AvgIpc) is 2.28. The maximum absolute atomic E-state index is 4.63. The molecule has 1 aliphatic rings. The van der Waals surface area contributed by atoms with Gasteiger partial charge in [0.2, 0.25) is 0 Å². The lowest BCUT2D eigenvalue weighted by atomic mass is 10.0. The van der Waals surface area contributed by atoms with Gasteiger partial charge in [0, 0.05) is 12.2 Å². The number of aryl methyl sites for hydroxylation is 1. The largest absolute Gasteiger partial charge is 0.311 e. The van der Waals surface area contributed by atoms with Crippen LogP contribution in [0.3, 0.4) is 0 Å². The zero-order valence-electron chi connectivity index (χ0n) is 9.34. The minimum Gasteiger partial charge on any atom is -0.311 e. The van der Waals surface area contributed by atoms with Crippen molar-refractivity contribution in [1.29, 1.82) is 0 Å². The van der Waals surface area contributed by atoms with Crippen molar-refractivity contribution >= 4 is 11.8 Å². The maximum atomic E-state index is 4.63. The summed E-state index contributed by atoms with van der Waals surface area (Å²) in [5.41, 5.74) is 3.86. The zero-order chi connectivity index (χ0) is 10.7. The maximum Gasteiger partial charge on any atom is 0.138 e. The highest BCUT2D eigenvalue weighted by atomic mass is 32.2. The van der Waals surface area contributed by atoms with Crippen molar-refractivity contribution in [2.45, 2.75) is 32.1 Å². The van der Waals surface area contributed by atoms with Gasteiger partial charge in [0.05, 0.1) is 11.4 Å². The highest BCUT2D eigenvalue weighted by Gasteiger charge is 2.15. The summed E-state index contributed by atoms with van der Waals surface area (Å²) >= 11 is 1.78. The Hall–Kier alpha value is -0.610. The first-order valence-corrected chi connectivity index (χ1v) is 6.81. The predicted octanol–water partition coefficient (Wildman–Crippen LogP) is 1.55. The molecule has 0 radical (unpaired) electrons. The van der Waals surface area contributed by atoms with Crippen LogP contribution in [0.5, 0.6) is 0 Å². The standard InChI is InChI=1S/C11H17N3S/c1-3-9-8-4-5-12-6-10(8)14-11(13-9)7-15-2/h12H,3-7H2,1-2H3. The highest BCUT2D eigenvalue weighted by molar-refractivity contribution is 7.97. The molecule has 2 rings (SSSR count). The van der Waals surface area contributed by atoms with E-state index in [0.717, 1.165) is 37.5 Å². The van der Waals surface area contributed by atoms with E-state index < -0.39 is 0 Å². The van der Waals surface area contributed by atoms with Crippen LogP contribution in [0.25, 0.3) is 0 Å². The first kappa shape index (κ1) is 10.9. The molecule has 0 aromatic carbocycles. The number of nitrogens with one attached hydrogen (secondary N) is 1. The molecule has 1 N–H and O–H groups in total. The van der Waals surface area contributed by atoms with Gasteiger partial charge in [-0.05, 0) is 31.2 Å². The van der Waals surface area contributed by atoms with Crippen molar-refractivity contribution in [3.8, 4) is 0 Å². The summed E-state index contributed by atoms with van der Waals surface area (Å²) in [4.78, 5) is 9.25. The zero-order valence-corrected chi connectivity index (χ0v) is 10.2. The fourth-order valence-corrected chi connectivity index (χ4v) is 2.37. The molecule has 0 saturated carbocycles. The van der Waals surface area contributed by atoms with Crippen LogP contribution in [0.1, 0.15) is 29.7 Å². The number of aromatic nitrogens is 2. The van der Waals surface area contributed by atoms with E-state index in [2.05, 4.69) is 28.5 Å². The van der Waals surface area contributed by atoms with Crippen molar-refractivity contribution in [2.24, 2.45) is 0 Å². The third-order valence-electron chi connectivity index (χ3n) is 2.68. The normalized spacial score (nSPS) is 15.1. The van der Waals surface area contributed by atoms with Crippen LogP contribution < -0.4 is 5.32 Å². The van der Waals surface area contributed by atoms with E-state index in [0.29, 0.717) is 0 Å². The van der Waals surface area contributed by atoms with E-state index in [1.54, 1.807) is 11.8 Å². The number of hydrogen-bond acceptors (Lipinski definition) is 4. The van der Waals surface area contributed by atoms with Crippen LogP contribution in [0, 0.1) is 0 Å². The van der Waals surface area contributed by atoms with Crippen molar-refractivity contribution in [3.05, 3.63) is 22.8 Å². The lowest BCUT2D eigenvalue weighted by Crippen LogP contribution is -2.27. The highest BCUT2D eigenvalue weighted by Crippen LogP contribution is 2.17. The van der Waals surface area contributed by atoms with Gasteiger partial charge >= 0.3 is 0 Å². The summed E-state index contributed by atoms with van der Waals surface area (Å²) < 4.78 is 0. The summed E-state index contributed by atoms with van der Waals surface area (Å²) in [5.74, 6) is 1.90. The van der Waals surface area contributed by atoms with Crippen molar-refractivity contribution < 1.29 is 0 Å². The van der Waals surface area contributed by atoms with E-state index in [-0.39, 0.29) is 0 Å². The number of nitrogens with zero attached hydrogens (tertiary/aromatic N) is 2. The van der Waals surface area contributed by atoms with Gasteiger partial charge in [0.15, 0.2) is 0 Å². The van der Waals surface area contributed by atoms with Gasteiger partial charge in [-0.15, -0.1) is 0 Å². The molecular weight excluding hydrogens is 206 g/mol. The Labute approximate surface area is 95.1 Å². The second kappa shape index (κ2) is 4.94. The Morgan fingerprint density at radius 1 is 1.40 bits per heavy atom. The Morgan fingerprint density at radius 3 is 3.00 bits per heavy atom. The van der Waals surface area contributed by atoms with E-state index >= 15 is 0 Å². The molecule has 0 unspecified atom stereocenters. The van der Waals surface area contributed by atoms with Gasteiger partial charge in [-0.25, -0.2) is 9.97 Å². The molecule has 0 amide bonds. The predicted molar refractivity (Wildman–Crippen MR) is 64.0 cm³/mol. The molecule has 15 heavy (non-hydrogen) atoms. The molecule has 1 aromatic rings. The molecule has 0 fully saturated rings. The molecule has 0 bridgehead atoms. The Bertz CT molecular complexity index is 335. The van der Waals surface area contributed by atoms with E-state index in [1.165, 1.54) is 17.0 Å². The number of fused-ring (bicyclic) bond motifs is 1. The quantitative estimate of drug-likeness (QED) is 0.843. The Kier molecular flexibility index (Phi) is 3.59. The molecule has 0 spiro atoms. The first-order chi connectivity index (χ1) is 7.35. The van der Waals surface area contributed by atoms with Gasteiger partial charge < -0.3 is 5.32 Å². The fourth-order valence-electron chi connectivity index (χ4n) is 1.98. The SMILES string of the molecule is CCc1nc(CSC)nc2c1CCNC2. The second-order valence-corrected chi connectivity index (χ2v) is 4.59. The van der Waals surface area contributed by atoms with Crippen molar-refractivity contribution in [2.75, 3.05) is 12.8 Å². The molecule has 0 atom stereocenters. The fraction of sp³-hybridized carbons (Fsp3) is 0.636. The summed E-state index contributed by atoms with van der Waals surface area (Å²) in [6, 6.07) is 0. The van der Waals surface area contributed by atoms with Crippen LogP contribution in [0.15, 0.2) is 0 Å². The summed E-state index contributed by atoms with van der Waals surface area (Å²) in [6.45, 7) is 4.14. The second-order valence-electron chi connectivity index (χ2n) is 3.73. The number of thioether (sulfide) groups is 1. The van der Waals surface area contributed by atoms with Crippen LogP contribution in [-0.4, -0.2) is 22.8 Å². The summed E-state index contributed by atoms with van der Waals surface area (Å²) in [5, 5.41) is 3.36. The topological polar surface area (TPSA) is 37.8 Å². The molecule has 82 valence electrons. The minimum absolute atomic E-state index is 0.909. The Morgan fingerprint density at radius 2 is 2.27 bits per heavy atom. The molecule has 2 heterocycles. The van der Waals surface area contributed by atoms with Crippen LogP contribution >= 0.6 is 11.8 Å². The molecule has 1 aliphatic heterocycles. The molecule has 3 nitrogen and oxygen atoms in total. The van der Waals surface area contributed by atoms with Crippen molar-refractivity contribution in [1.82, 2.24) is 15.3 Å². The van der Waals surface area contributed by atoms with Crippen LogP contribution in [-0.2, 0) is 25.1 Å². The lowest BCUT2D eigenvalue weighted by Gasteiger charge is -2.19. The minimum atomic E-state index is 0.909. The van der Waals surface area contributed by atoms with Gasteiger partial charge in [-0.1, -0.05) is 6.92 Å².